The molecule has 3 aromatic rings. The first-order valence-electron chi connectivity index (χ1n) is 13.7. The molecule has 0 spiro atoms. The number of fused-ring (bicyclic) bond motifs is 1. The highest BCUT2D eigenvalue weighted by atomic mass is 79.9. The van der Waals surface area contributed by atoms with Gasteiger partial charge in [-0.25, -0.2) is 9.97 Å². The fourth-order valence-corrected chi connectivity index (χ4v) is 6.00. The van der Waals surface area contributed by atoms with E-state index in [0.717, 1.165) is 54.1 Å². The zero-order valence-corrected chi connectivity index (χ0v) is 23.9. The lowest BCUT2D eigenvalue weighted by Crippen LogP contribution is -2.42. The first-order valence-corrected chi connectivity index (χ1v) is 14.5. The molecular formula is C29H36BrN5O4. The second-order valence-electron chi connectivity index (χ2n) is 10.4. The lowest BCUT2D eigenvalue weighted by molar-refractivity contribution is 0.0841. The van der Waals surface area contributed by atoms with E-state index in [1.54, 1.807) is 18.3 Å². The molecule has 39 heavy (non-hydrogen) atoms. The van der Waals surface area contributed by atoms with E-state index >= 15 is 0 Å². The highest BCUT2D eigenvalue weighted by Crippen LogP contribution is 2.35. The number of β-amino-alcohol motifs (C(OH)–C–C–N with tert-alkyl or cyclic N) is 1. The first-order chi connectivity index (χ1) is 19.0. The Kier molecular flexibility index (Phi) is 9.16. The van der Waals surface area contributed by atoms with E-state index in [0.29, 0.717) is 30.5 Å². The number of amides is 1. The summed E-state index contributed by atoms with van der Waals surface area (Å²) in [5.74, 6) is 2.01. The number of aliphatic hydroxyl groups is 1. The van der Waals surface area contributed by atoms with Gasteiger partial charge >= 0.3 is 0 Å². The van der Waals surface area contributed by atoms with Crippen LogP contribution in [0.2, 0.25) is 0 Å². The number of rotatable bonds is 10. The van der Waals surface area contributed by atoms with E-state index in [9.17, 15) is 9.90 Å². The van der Waals surface area contributed by atoms with E-state index in [1.807, 2.05) is 13.0 Å². The normalized spacial score (nSPS) is 16.9. The summed E-state index contributed by atoms with van der Waals surface area (Å²) >= 11 is 3.72. The molecule has 1 aromatic carbocycles. The number of benzene rings is 1. The quantitative estimate of drug-likeness (QED) is 0.310. The summed E-state index contributed by atoms with van der Waals surface area (Å²) in [6.07, 6.45) is 9.28. The molecule has 0 bridgehead atoms. The summed E-state index contributed by atoms with van der Waals surface area (Å²) < 4.78 is 12.3. The van der Waals surface area contributed by atoms with Crippen molar-refractivity contribution in [2.45, 2.75) is 70.7 Å². The van der Waals surface area contributed by atoms with Crippen molar-refractivity contribution in [3.05, 3.63) is 69.5 Å². The Morgan fingerprint density at radius 1 is 1.26 bits per heavy atom. The Balaban J connectivity index is 1.09. The van der Waals surface area contributed by atoms with Gasteiger partial charge in [0, 0.05) is 44.0 Å². The third-order valence-corrected chi connectivity index (χ3v) is 8.40. The number of carbonyl (C=O) groups excluding carboxylic acids is 1. The summed E-state index contributed by atoms with van der Waals surface area (Å²) in [6.45, 7) is 4.41. The number of nitrogens with one attached hydrogen (secondary N) is 2. The van der Waals surface area contributed by atoms with Crippen LogP contribution < -0.4 is 15.4 Å². The number of aryl methyl sites for hydroxylation is 1. The van der Waals surface area contributed by atoms with Gasteiger partial charge in [0.25, 0.3) is 5.91 Å². The molecule has 0 saturated heterocycles. The predicted molar refractivity (Wildman–Crippen MR) is 152 cm³/mol. The maximum absolute atomic E-state index is 12.7. The molecule has 0 radical (unpaired) electrons. The number of ether oxygens (including phenoxy) is 1. The van der Waals surface area contributed by atoms with E-state index in [1.165, 1.54) is 36.8 Å². The van der Waals surface area contributed by atoms with Crippen molar-refractivity contribution < 1.29 is 19.1 Å². The fourth-order valence-electron chi connectivity index (χ4n) is 5.31. The van der Waals surface area contributed by atoms with Crippen LogP contribution in [0.5, 0.6) is 5.75 Å². The summed E-state index contributed by atoms with van der Waals surface area (Å²) in [6, 6.07) is 7.95. The van der Waals surface area contributed by atoms with Crippen LogP contribution in [-0.2, 0) is 19.6 Å². The average Bonchev–Trinajstić information content (AvgIpc) is 3.36. The molecule has 0 unspecified atom stereocenters. The molecule has 2 aliphatic rings. The van der Waals surface area contributed by atoms with Crippen molar-refractivity contribution in [3.63, 3.8) is 0 Å². The number of hydrogen-bond donors (Lipinski definition) is 3. The lowest BCUT2D eigenvalue weighted by Gasteiger charge is -2.31. The van der Waals surface area contributed by atoms with Crippen LogP contribution >= 0.6 is 15.9 Å². The standard InChI is InChI=1S/C29H36BrN5O4/c1-19-26(39-18-33-19)17-38-25-8-7-21-15-35(12-10-24(21)28(25)30)16-23(36)14-32-29(37)20-9-11-31-27(13-20)34-22-5-3-2-4-6-22/h7-9,11,13,18,22-23,36H,2-6,10,12,14-17H2,1H3,(H,31,34)(H,32,37)/t23-/m0/s1. The average molecular weight is 599 g/mol. The van der Waals surface area contributed by atoms with E-state index < -0.39 is 6.10 Å². The van der Waals surface area contributed by atoms with E-state index in [-0.39, 0.29) is 12.5 Å². The maximum Gasteiger partial charge on any atom is 0.251 e. The summed E-state index contributed by atoms with van der Waals surface area (Å²) in [7, 11) is 0. The summed E-state index contributed by atoms with van der Waals surface area (Å²) in [5.41, 5.74) is 3.79. The van der Waals surface area contributed by atoms with Crippen LogP contribution in [0, 0.1) is 6.92 Å². The number of aliphatic hydroxyl groups excluding tert-OH is 1. The van der Waals surface area contributed by atoms with Crippen LogP contribution in [0.4, 0.5) is 5.82 Å². The van der Waals surface area contributed by atoms with Crippen molar-refractivity contribution in [1.82, 2.24) is 20.2 Å². The summed E-state index contributed by atoms with van der Waals surface area (Å²) in [5, 5.41) is 17.0. The minimum absolute atomic E-state index is 0.188. The number of aromatic nitrogens is 2. The molecule has 1 saturated carbocycles. The first kappa shape index (κ1) is 27.6. The minimum atomic E-state index is -0.673. The van der Waals surface area contributed by atoms with Crippen molar-refractivity contribution in [3.8, 4) is 5.75 Å². The molecule has 1 fully saturated rings. The van der Waals surface area contributed by atoms with Crippen molar-refractivity contribution in [2.24, 2.45) is 0 Å². The molecule has 9 nitrogen and oxygen atoms in total. The van der Waals surface area contributed by atoms with Crippen molar-refractivity contribution >= 4 is 27.7 Å². The number of halogens is 1. The molecule has 3 N–H and O–H groups in total. The van der Waals surface area contributed by atoms with Gasteiger partial charge in [0.1, 0.15) is 18.2 Å². The SMILES string of the molecule is Cc1ncoc1COc1ccc2c(c1Br)CCN(C[C@@H](O)CNC(=O)c1ccnc(NC3CCCCC3)c1)C2. The lowest BCUT2D eigenvalue weighted by atomic mass is 9.95. The zero-order valence-electron chi connectivity index (χ0n) is 22.3. The van der Waals surface area contributed by atoms with Crippen LogP contribution in [-0.4, -0.2) is 57.7 Å². The van der Waals surface area contributed by atoms with Gasteiger partial charge in [-0.2, -0.15) is 0 Å². The fraction of sp³-hybridized carbons (Fsp3) is 0.483. The zero-order chi connectivity index (χ0) is 27.2. The second kappa shape index (κ2) is 12.9. The maximum atomic E-state index is 12.7. The molecule has 1 atom stereocenters. The third-order valence-electron chi connectivity index (χ3n) is 7.53. The molecular weight excluding hydrogens is 562 g/mol. The number of nitrogens with zero attached hydrogens (tertiary/aromatic N) is 3. The number of carbonyl (C=O) groups is 1. The molecule has 1 amide bonds. The molecule has 1 aliphatic heterocycles. The van der Waals surface area contributed by atoms with Crippen LogP contribution in [0.15, 0.2) is 45.7 Å². The van der Waals surface area contributed by atoms with Crippen molar-refractivity contribution in [2.75, 3.05) is 25.0 Å². The highest BCUT2D eigenvalue weighted by Gasteiger charge is 2.23. The Bertz CT molecular complexity index is 1280. The Morgan fingerprint density at radius 3 is 2.90 bits per heavy atom. The third kappa shape index (κ3) is 7.17. The monoisotopic (exact) mass is 597 g/mol. The van der Waals surface area contributed by atoms with Gasteiger partial charge in [0.15, 0.2) is 12.2 Å². The number of anilines is 1. The Hall–Kier alpha value is -2.95. The van der Waals surface area contributed by atoms with Crippen LogP contribution in [0.1, 0.15) is 65.0 Å². The van der Waals surface area contributed by atoms with Crippen molar-refractivity contribution in [1.29, 1.82) is 0 Å². The largest absolute Gasteiger partial charge is 0.484 e. The highest BCUT2D eigenvalue weighted by molar-refractivity contribution is 9.10. The van der Waals surface area contributed by atoms with Gasteiger partial charge in [-0.1, -0.05) is 25.3 Å². The van der Waals surface area contributed by atoms with Gasteiger partial charge in [0.05, 0.1) is 16.3 Å². The van der Waals surface area contributed by atoms with Gasteiger partial charge < -0.3 is 24.9 Å². The summed E-state index contributed by atoms with van der Waals surface area (Å²) in [4.78, 5) is 23.4. The molecule has 1 aliphatic carbocycles. The van der Waals surface area contributed by atoms with Gasteiger partial charge in [-0.15, -0.1) is 0 Å². The number of hydrogen-bond acceptors (Lipinski definition) is 8. The van der Waals surface area contributed by atoms with Gasteiger partial charge in [-0.3, -0.25) is 9.69 Å². The second-order valence-corrected chi connectivity index (χ2v) is 11.2. The minimum Gasteiger partial charge on any atom is -0.484 e. The molecule has 2 aromatic heterocycles. The van der Waals surface area contributed by atoms with Gasteiger partial charge in [-0.05, 0) is 71.4 Å². The Morgan fingerprint density at radius 2 is 2.10 bits per heavy atom. The Labute approximate surface area is 237 Å². The number of oxazole rings is 1. The van der Waals surface area contributed by atoms with Gasteiger partial charge in [0.2, 0.25) is 0 Å². The van der Waals surface area contributed by atoms with Crippen LogP contribution in [0.3, 0.4) is 0 Å². The molecule has 3 heterocycles. The van der Waals surface area contributed by atoms with E-state index in [4.69, 9.17) is 9.15 Å². The molecule has 10 heteroatoms. The smallest absolute Gasteiger partial charge is 0.251 e. The predicted octanol–water partition coefficient (Wildman–Crippen LogP) is 4.61. The van der Waals surface area contributed by atoms with Crippen LogP contribution in [0.25, 0.3) is 0 Å². The molecule has 208 valence electrons. The van der Waals surface area contributed by atoms with E-state index in [2.05, 4.69) is 47.5 Å². The number of pyridine rings is 1. The molecule has 5 rings (SSSR count). The topological polar surface area (TPSA) is 113 Å².